The van der Waals surface area contributed by atoms with Crippen LogP contribution in [0.3, 0.4) is 0 Å². The first kappa shape index (κ1) is 12.7. The van der Waals surface area contributed by atoms with Crippen molar-refractivity contribution in [2.24, 2.45) is 11.8 Å². The molecule has 98 valence electrons. The van der Waals surface area contributed by atoms with Crippen molar-refractivity contribution >= 4 is 6.03 Å². The summed E-state index contributed by atoms with van der Waals surface area (Å²) < 4.78 is 0. The molecule has 0 bridgehead atoms. The first-order valence-electron chi connectivity index (χ1n) is 6.95. The van der Waals surface area contributed by atoms with E-state index in [0.717, 1.165) is 25.8 Å². The molecule has 0 aromatic rings. The van der Waals surface area contributed by atoms with Crippen LogP contribution in [-0.4, -0.2) is 30.3 Å². The average molecular weight is 240 g/mol. The molecule has 2 aliphatic rings. The maximum atomic E-state index is 11.6. The molecule has 2 fully saturated rings. The van der Waals surface area contributed by atoms with Crippen molar-refractivity contribution in [3.8, 4) is 0 Å². The summed E-state index contributed by atoms with van der Waals surface area (Å²) in [7, 11) is 0. The van der Waals surface area contributed by atoms with Gasteiger partial charge in [0.1, 0.15) is 0 Å². The molecule has 17 heavy (non-hydrogen) atoms. The van der Waals surface area contributed by atoms with Gasteiger partial charge in [-0.15, -0.1) is 0 Å². The van der Waals surface area contributed by atoms with E-state index in [4.69, 9.17) is 0 Å². The molecule has 2 saturated carbocycles. The fraction of sp³-hybridized carbons (Fsp3) is 0.923. The number of hydrogen-bond acceptors (Lipinski definition) is 2. The van der Waals surface area contributed by atoms with Gasteiger partial charge in [-0.3, -0.25) is 0 Å². The zero-order valence-electron chi connectivity index (χ0n) is 10.5. The Hall–Kier alpha value is -0.770. The van der Waals surface area contributed by atoms with E-state index >= 15 is 0 Å². The molecule has 2 atom stereocenters. The number of urea groups is 1. The lowest BCUT2D eigenvalue weighted by Crippen LogP contribution is -2.41. The van der Waals surface area contributed by atoms with Crippen molar-refractivity contribution in [2.45, 2.75) is 51.0 Å². The second kappa shape index (κ2) is 6.24. The van der Waals surface area contributed by atoms with Gasteiger partial charge in [0.25, 0.3) is 0 Å². The van der Waals surface area contributed by atoms with E-state index in [9.17, 15) is 9.90 Å². The van der Waals surface area contributed by atoms with E-state index < -0.39 is 0 Å². The molecular formula is C13H24N2O2. The first-order chi connectivity index (χ1) is 8.25. The van der Waals surface area contributed by atoms with E-state index in [1.54, 1.807) is 0 Å². The summed E-state index contributed by atoms with van der Waals surface area (Å²) >= 11 is 0. The minimum atomic E-state index is -0.217. The molecule has 3 N–H and O–H groups in total. The van der Waals surface area contributed by atoms with E-state index in [0.29, 0.717) is 12.5 Å². The first-order valence-corrected chi connectivity index (χ1v) is 6.95. The van der Waals surface area contributed by atoms with E-state index in [1.807, 2.05) is 0 Å². The van der Waals surface area contributed by atoms with Crippen LogP contribution in [0, 0.1) is 11.8 Å². The third-order valence-electron chi connectivity index (χ3n) is 4.17. The quantitative estimate of drug-likeness (QED) is 0.699. The van der Waals surface area contributed by atoms with Crippen LogP contribution in [-0.2, 0) is 0 Å². The monoisotopic (exact) mass is 240 g/mol. The van der Waals surface area contributed by atoms with Crippen LogP contribution in [0.25, 0.3) is 0 Å². The Kier molecular flexibility index (Phi) is 4.66. The van der Waals surface area contributed by atoms with Crippen LogP contribution in [0.4, 0.5) is 4.79 Å². The standard InChI is InChI=1S/C13H24N2O2/c16-12-7-3-6-11(12)9-15-13(17)14-8-10-4-1-2-5-10/h10-12,16H,1-9H2,(H2,14,15,17). The molecule has 0 heterocycles. The van der Waals surface area contributed by atoms with Crippen molar-refractivity contribution in [1.82, 2.24) is 10.6 Å². The molecule has 0 saturated heterocycles. The van der Waals surface area contributed by atoms with E-state index in [-0.39, 0.29) is 18.1 Å². The maximum Gasteiger partial charge on any atom is 0.314 e. The second-order valence-electron chi connectivity index (χ2n) is 5.50. The zero-order chi connectivity index (χ0) is 12.1. The molecule has 2 aliphatic carbocycles. The predicted molar refractivity (Wildman–Crippen MR) is 66.7 cm³/mol. The number of rotatable bonds is 4. The van der Waals surface area contributed by atoms with Crippen molar-refractivity contribution in [3.05, 3.63) is 0 Å². The molecule has 0 aromatic heterocycles. The van der Waals surface area contributed by atoms with Crippen LogP contribution in [0.1, 0.15) is 44.9 Å². The number of aliphatic hydroxyl groups is 1. The minimum absolute atomic E-state index is 0.0731. The molecule has 2 rings (SSSR count). The number of aliphatic hydroxyl groups excluding tert-OH is 1. The number of nitrogens with one attached hydrogen (secondary N) is 2. The summed E-state index contributed by atoms with van der Waals surface area (Å²) in [5.41, 5.74) is 0. The number of carbonyl (C=O) groups excluding carboxylic acids is 1. The van der Waals surface area contributed by atoms with Crippen LogP contribution < -0.4 is 10.6 Å². The van der Waals surface area contributed by atoms with Crippen molar-refractivity contribution in [1.29, 1.82) is 0 Å². The van der Waals surface area contributed by atoms with Gasteiger partial charge >= 0.3 is 6.03 Å². The highest BCUT2D eigenvalue weighted by Gasteiger charge is 2.25. The van der Waals surface area contributed by atoms with Gasteiger partial charge in [0.15, 0.2) is 0 Å². The van der Waals surface area contributed by atoms with Crippen molar-refractivity contribution < 1.29 is 9.90 Å². The van der Waals surface area contributed by atoms with Crippen molar-refractivity contribution in [3.63, 3.8) is 0 Å². The Morgan fingerprint density at radius 3 is 2.35 bits per heavy atom. The summed E-state index contributed by atoms with van der Waals surface area (Å²) in [5.74, 6) is 0.935. The normalized spacial score (nSPS) is 29.5. The van der Waals surface area contributed by atoms with Gasteiger partial charge in [-0.1, -0.05) is 19.3 Å². The summed E-state index contributed by atoms with van der Waals surface area (Å²) in [6.45, 7) is 1.41. The van der Waals surface area contributed by atoms with Crippen LogP contribution in [0.5, 0.6) is 0 Å². The predicted octanol–water partition coefficient (Wildman–Crippen LogP) is 1.64. The SMILES string of the molecule is O=C(NCC1CCCC1)NCC1CCCC1O. The van der Waals surface area contributed by atoms with Crippen LogP contribution >= 0.6 is 0 Å². The fourth-order valence-electron chi connectivity index (χ4n) is 2.99. The third-order valence-corrected chi connectivity index (χ3v) is 4.17. The maximum absolute atomic E-state index is 11.6. The highest BCUT2D eigenvalue weighted by atomic mass is 16.3. The summed E-state index contributed by atoms with van der Waals surface area (Å²) in [4.78, 5) is 11.6. The molecule has 0 radical (unpaired) electrons. The lowest BCUT2D eigenvalue weighted by atomic mass is 10.1. The van der Waals surface area contributed by atoms with Crippen molar-refractivity contribution in [2.75, 3.05) is 13.1 Å². The van der Waals surface area contributed by atoms with Crippen LogP contribution in [0.2, 0.25) is 0 Å². The molecule has 0 aromatic carbocycles. The van der Waals surface area contributed by atoms with Gasteiger partial charge in [-0.05, 0) is 31.6 Å². The molecule has 0 aliphatic heterocycles. The molecule has 4 heteroatoms. The summed E-state index contributed by atoms with van der Waals surface area (Å²) in [6.07, 6.45) is 7.90. The minimum Gasteiger partial charge on any atom is -0.393 e. The van der Waals surface area contributed by atoms with Crippen LogP contribution in [0.15, 0.2) is 0 Å². The summed E-state index contributed by atoms with van der Waals surface area (Å²) in [5, 5.41) is 15.4. The Morgan fingerprint density at radius 2 is 1.71 bits per heavy atom. The number of hydrogen-bond donors (Lipinski definition) is 3. The highest BCUT2D eigenvalue weighted by molar-refractivity contribution is 5.73. The lowest BCUT2D eigenvalue weighted by molar-refractivity contribution is 0.132. The Balaban J connectivity index is 1.57. The topological polar surface area (TPSA) is 61.4 Å². The van der Waals surface area contributed by atoms with Gasteiger partial charge in [-0.2, -0.15) is 0 Å². The fourth-order valence-corrected chi connectivity index (χ4v) is 2.99. The Labute approximate surface area is 103 Å². The van der Waals surface area contributed by atoms with E-state index in [1.165, 1.54) is 25.7 Å². The summed E-state index contributed by atoms with van der Waals surface area (Å²) in [6, 6.07) is -0.0731. The third kappa shape index (κ3) is 3.87. The smallest absolute Gasteiger partial charge is 0.314 e. The van der Waals surface area contributed by atoms with Gasteiger partial charge in [0.05, 0.1) is 6.10 Å². The molecule has 4 nitrogen and oxygen atoms in total. The highest BCUT2D eigenvalue weighted by Crippen LogP contribution is 2.25. The van der Waals surface area contributed by atoms with Gasteiger partial charge in [0, 0.05) is 19.0 Å². The largest absolute Gasteiger partial charge is 0.393 e. The molecule has 2 amide bonds. The zero-order valence-corrected chi connectivity index (χ0v) is 10.5. The van der Waals surface area contributed by atoms with Gasteiger partial charge in [-0.25, -0.2) is 4.79 Å². The average Bonchev–Trinajstić information content (AvgIpc) is 2.95. The number of amides is 2. The van der Waals surface area contributed by atoms with Gasteiger partial charge in [0.2, 0.25) is 0 Å². The molecule has 2 unspecified atom stereocenters. The van der Waals surface area contributed by atoms with E-state index in [2.05, 4.69) is 10.6 Å². The lowest BCUT2D eigenvalue weighted by Gasteiger charge is -2.16. The second-order valence-corrected chi connectivity index (χ2v) is 5.50. The molecular weight excluding hydrogens is 216 g/mol. The Bertz CT molecular complexity index is 252. The Morgan fingerprint density at radius 1 is 1.00 bits per heavy atom. The van der Waals surface area contributed by atoms with Gasteiger partial charge < -0.3 is 15.7 Å². The molecule has 0 spiro atoms. The number of carbonyl (C=O) groups is 1.